The zero-order valence-corrected chi connectivity index (χ0v) is 8.37. The molecule has 2 nitrogen and oxygen atoms in total. The van der Waals surface area contributed by atoms with Crippen LogP contribution < -0.4 is 0 Å². The van der Waals surface area contributed by atoms with Crippen LogP contribution in [0.4, 0.5) is 0 Å². The van der Waals surface area contributed by atoms with Crippen molar-refractivity contribution in [3.63, 3.8) is 0 Å². The lowest BCUT2D eigenvalue weighted by Crippen LogP contribution is -1.93. The first-order valence-corrected chi connectivity index (χ1v) is 4.72. The van der Waals surface area contributed by atoms with Crippen LogP contribution in [0.2, 0.25) is 0 Å². The maximum Gasteiger partial charge on any atom is 0.315 e. The molecule has 0 aromatic heterocycles. The molecule has 1 aromatic rings. The summed E-state index contributed by atoms with van der Waals surface area (Å²) in [4.78, 5) is 10.8. The summed E-state index contributed by atoms with van der Waals surface area (Å²) in [5.74, 6) is 0.482. The smallest absolute Gasteiger partial charge is 0.315 e. The van der Waals surface area contributed by atoms with E-state index in [2.05, 4.69) is 15.9 Å². The summed E-state index contributed by atoms with van der Waals surface area (Å²) >= 11 is 3.34. The summed E-state index contributed by atoms with van der Waals surface area (Å²) in [7, 11) is 0. The van der Waals surface area contributed by atoms with Crippen LogP contribution in [-0.2, 0) is 9.53 Å². The number of hydrogen-bond acceptors (Lipinski definition) is 2. The van der Waals surface area contributed by atoms with Crippen molar-refractivity contribution in [2.75, 3.05) is 0 Å². The van der Waals surface area contributed by atoms with Gasteiger partial charge in [0.25, 0.3) is 0 Å². The molecule has 0 unspecified atom stereocenters. The van der Waals surface area contributed by atoms with Gasteiger partial charge in [-0.2, -0.15) is 0 Å². The van der Waals surface area contributed by atoms with Crippen LogP contribution in [0.25, 0.3) is 5.76 Å². The summed E-state index contributed by atoms with van der Waals surface area (Å²) in [5, 5.41) is 0. The van der Waals surface area contributed by atoms with Crippen molar-refractivity contribution in [2.24, 2.45) is 0 Å². The van der Waals surface area contributed by atoms with Crippen molar-refractivity contribution in [2.45, 2.75) is 6.42 Å². The van der Waals surface area contributed by atoms with E-state index in [1.807, 2.05) is 24.3 Å². The molecule has 1 aromatic carbocycles. The van der Waals surface area contributed by atoms with Crippen LogP contribution in [0.3, 0.4) is 0 Å². The first-order valence-electron chi connectivity index (χ1n) is 3.92. The Balaban J connectivity index is 2.27. The number of esters is 1. The number of carbonyl (C=O) groups excluding carboxylic acids is 1. The summed E-state index contributed by atoms with van der Waals surface area (Å²) in [6.07, 6.45) is 2.18. The standard InChI is InChI=1S/C10H7BrO2/c11-8-3-1-7(2-4-8)9-5-6-10(12)13-9/h1-5H,6H2. The van der Waals surface area contributed by atoms with E-state index in [9.17, 15) is 4.79 Å². The zero-order chi connectivity index (χ0) is 9.26. The first-order chi connectivity index (χ1) is 6.25. The molecule has 66 valence electrons. The Bertz CT molecular complexity index is 365. The average Bonchev–Trinajstić information content (AvgIpc) is 2.53. The van der Waals surface area contributed by atoms with Gasteiger partial charge in [0.05, 0.1) is 6.42 Å². The van der Waals surface area contributed by atoms with Crippen molar-refractivity contribution in [1.82, 2.24) is 0 Å². The molecule has 0 aliphatic carbocycles. The number of halogens is 1. The monoisotopic (exact) mass is 238 g/mol. The fourth-order valence-corrected chi connectivity index (χ4v) is 1.44. The summed E-state index contributed by atoms with van der Waals surface area (Å²) in [6.45, 7) is 0. The largest absolute Gasteiger partial charge is 0.426 e. The Hall–Kier alpha value is -1.09. The molecule has 2 rings (SSSR count). The molecule has 0 saturated heterocycles. The predicted octanol–water partition coefficient (Wildman–Crippen LogP) is 2.74. The van der Waals surface area contributed by atoms with Crippen molar-refractivity contribution in [3.05, 3.63) is 40.4 Å². The Kier molecular flexibility index (Phi) is 2.19. The lowest BCUT2D eigenvalue weighted by molar-refractivity contribution is -0.134. The predicted molar refractivity (Wildman–Crippen MR) is 52.8 cm³/mol. The molecule has 0 radical (unpaired) electrons. The fourth-order valence-electron chi connectivity index (χ4n) is 1.17. The molecule has 0 fully saturated rings. The van der Waals surface area contributed by atoms with Crippen LogP contribution in [0.5, 0.6) is 0 Å². The second-order valence-corrected chi connectivity index (χ2v) is 3.67. The lowest BCUT2D eigenvalue weighted by atomic mass is 10.2. The first kappa shape index (κ1) is 8.51. The minimum atomic E-state index is -0.182. The molecule has 0 amide bonds. The molecule has 1 aliphatic rings. The van der Waals surface area contributed by atoms with Gasteiger partial charge in [0, 0.05) is 10.0 Å². The average molecular weight is 239 g/mol. The van der Waals surface area contributed by atoms with E-state index in [-0.39, 0.29) is 5.97 Å². The molecule has 0 N–H and O–H groups in total. The van der Waals surface area contributed by atoms with Crippen LogP contribution >= 0.6 is 15.9 Å². The van der Waals surface area contributed by atoms with Gasteiger partial charge in [0.15, 0.2) is 0 Å². The normalized spacial score (nSPS) is 15.5. The Labute approximate surface area is 84.3 Å². The van der Waals surface area contributed by atoms with Crippen LogP contribution in [0, 0.1) is 0 Å². The van der Waals surface area contributed by atoms with Crippen molar-refractivity contribution in [3.8, 4) is 0 Å². The quantitative estimate of drug-likeness (QED) is 0.704. The summed E-state index contributed by atoms with van der Waals surface area (Å²) in [6, 6.07) is 7.66. The van der Waals surface area contributed by atoms with E-state index in [1.165, 1.54) is 0 Å². The third kappa shape index (κ3) is 1.80. The van der Waals surface area contributed by atoms with Crippen molar-refractivity contribution >= 4 is 27.7 Å². The van der Waals surface area contributed by atoms with Crippen molar-refractivity contribution < 1.29 is 9.53 Å². The van der Waals surface area contributed by atoms with E-state index in [0.717, 1.165) is 10.0 Å². The van der Waals surface area contributed by atoms with E-state index < -0.39 is 0 Å². The van der Waals surface area contributed by atoms with E-state index in [0.29, 0.717) is 12.2 Å². The highest BCUT2D eigenvalue weighted by molar-refractivity contribution is 9.10. The van der Waals surface area contributed by atoms with Gasteiger partial charge in [0.1, 0.15) is 5.76 Å². The van der Waals surface area contributed by atoms with Gasteiger partial charge in [-0.05, 0) is 18.2 Å². The highest BCUT2D eigenvalue weighted by atomic mass is 79.9. The van der Waals surface area contributed by atoms with Gasteiger partial charge in [-0.3, -0.25) is 4.79 Å². The second kappa shape index (κ2) is 3.34. The van der Waals surface area contributed by atoms with Gasteiger partial charge in [-0.1, -0.05) is 28.1 Å². The minimum Gasteiger partial charge on any atom is -0.426 e. The van der Waals surface area contributed by atoms with E-state index in [4.69, 9.17) is 4.74 Å². The van der Waals surface area contributed by atoms with Gasteiger partial charge in [0.2, 0.25) is 0 Å². The summed E-state index contributed by atoms with van der Waals surface area (Å²) < 4.78 is 6.01. The van der Waals surface area contributed by atoms with Gasteiger partial charge >= 0.3 is 5.97 Å². The molecule has 0 saturated carbocycles. The number of rotatable bonds is 1. The molecule has 13 heavy (non-hydrogen) atoms. The molecule has 0 atom stereocenters. The maximum atomic E-state index is 10.8. The lowest BCUT2D eigenvalue weighted by Gasteiger charge is -2.01. The molecular weight excluding hydrogens is 232 g/mol. The topological polar surface area (TPSA) is 26.3 Å². The number of cyclic esters (lactones) is 1. The molecule has 0 bridgehead atoms. The molecule has 3 heteroatoms. The highest BCUT2D eigenvalue weighted by Crippen LogP contribution is 2.23. The minimum absolute atomic E-state index is 0.182. The molecule has 1 heterocycles. The SMILES string of the molecule is O=C1CC=C(c2ccc(Br)cc2)O1. The Morgan fingerprint density at radius 1 is 1.23 bits per heavy atom. The number of benzene rings is 1. The highest BCUT2D eigenvalue weighted by Gasteiger charge is 2.15. The number of carbonyl (C=O) groups is 1. The van der Waals surface area contributed by atoms with E-state index in [1.54, 1.807) is 6.08 Å². The Morgan fingerprint density at radius 2 is 1.92 bits per heavy atom. The second-order valence-electron chi connectivity index (χ2n) is 2.75. The third-order valence-corrected chi connectivity index (χ3v) is 2.34. The Morgan fingerprint density at radius 3 is 2.46 bits per heavy atom. The van der Waals surface area contributed by atoms with Crippen molar-refractivity contribution in [1.29, 1.82) is 0 Å². The van der Waals surface area contributed by atoms with E-state index >= 15 is 0 Å². The molecule has 1 aliphatic heterocycles. The third-order valence-electron chi connectivity index (χ3n) is 1.81. The summed E-state index contributed by atoms with van der Waals surface area (Å²) in [5.41, 5.74) is 0.939. The zero-order valence-electron chi connectivity index (χ0n) is 6.79. The molecule has 0 spiro atoms. The maximum absolute atomic E-state index is 10.8. The van der Waals surface area contributed by atoms with Gasteiger partial charge < -0.3 is 4.74 Å². The molecular formula is C10H7BrO2. The number of hydrogen-bond donors (Lipinski definition) is 0. The van der Waals surface area contributed by atoms with Crippen LogP contribution in [0.15, 0.2) is 34.8 Å². The van der Waals surface area contributed by atoms with Gasteiger partial charge in [-0.25, -0.2) is 0 Å². The van der Waals surface area contributed by atoms with Crippen LogP contribution in [-0.4, -0.2) is 5.97 Å². The fraction of sp³-hybridized carbons (Fsp3) is 0.100. The van der Waals surface area contributed by atoms with Crippen LogP contribution in [0.1, 0.15) is 12.0 Å². The number of ether oxygens (including phenoxy) is 1. The van der Waals surface area contributed by atoms with Gasteiger partial charge in [-0.15, -0.1) is 0 Å².